The molecule has 1 aliphatic rings. The molecule has 0 aliphatic carbocycles. The van der Waals surface area contributed by atoms with Crippen LogP contribution in [0.25, 0.3) is 0 Å². The van der Waals surface area contributed by atoms with E-state index in [1.54, 1.807) is 0 Å². The number of anilines is 1. The summed E-state index contributed by atoms with van der Waals surface area (Å²) < 4.78 is 40.0. The van der Waals surface area contributed by atoms with Crippen LogP contribution in [-0.4, -0.2) is 51.5 Å². The van der Waals surface area contributed by atoms with Gasteiger partial charge in [0, 0.05) is 5.69 Å². The van der Waals surface area contributed by atoms with E-state index in [0.717, 1.165) is 43.2 Å². The van der Waals surface area contributed by atoms with Crippen molar-refractivity contribution < 1.29 is 32.5 Å². The molecule has 0 spiro atoms. The molecular weight excluding hydrogens is 325 g/mol. The van der Waals surface area contributed by atoms with Crippen molar-refractivity contribution in [3.8, 4) is 11.8 Å². The molecule has 0 saturated carbocycles. The van der Waals surface area contributed by atoms with Gasteiger partial charge in [-0.25, -0.2) is 0 Å². The standard InChI is InChI=1S/C15H17F3N4O2/c16-15(17,18)24-13-3-1-12(2-4-13)20-14(23)11-22-9-7-21(6-5-19)8-10-22/h1-4H,6-11H2,(H,20,23)/p+2. The average molecular weight is 344 g/mol. The van der Waals surface area contributed by atoms with Crippen molar-refractivity contribution in [2.75, 3.05) is 44.6 Å². The molecule has 0 unspecified atom stereocenters. The minimum atomic E-state index is -4.73. The topological polar surface area (TPSA) is 71.0 Å². The van der Waals surface area contributed by atoms with E-state index in [1.807, 2.05) is 0 Å². The third-order valence-corrected chi connectivity index (χ3v) is 3.78. The second-order valence-electron chi connectivity index (χ2n) is 5.63. The highest BCUT2D eigenvalue weighted by Crippen LogP contribution is 2.23. The molecule has 24 heavy (non-hydrogen) atoms. The van der Waals surface area contributed by atoms with Crippen LogP contribution in [0.15, 0.2) is 24.3 Å². The van der Waals surface area contributed by atoms with Gasteiger partial charge in [-0.2, -0.15) is 5.26 Å². The second-order valence-corrected chi connectivity index (χ2v) is 5.63. The molecule has 1 saturated heterocycles. The number of hydrogen-bond acceptors (Lipinski definition) is 3. The van der Waals surface area contributed by atoms with Gasteiger partial charge in [-0.05, 0) is 24.3 Å². The lowest BCUT2D eigenvalue weighted by Crippen LogP contribution is -3.28. The van der Waals surface area contributed by atoms with Gasteiger partial charge in [-0.15, -0.1) is 13.2 Å². The van der Waals surface area contributed by atoms with Crippen LogP contribution < -0.4 is 19.9 Å². The highest BCUT2D eigenvalue weighted by Gasteiger charge is 2.31. The van der Waals surface area contributed by atoms with Gasteiger partial charge in [0.05, 0.1) is 0 Å². The van der Waals surface area contributed by atoms with Gasteiger partial charge in [-0.1, -0.05) is 0 Å². The molecule has 1 heterocycles. The number of nitrogens with zero attached hydrogens (tertiary/aromatic N) is 1. The molecule has 1 amide bonds. The van der Waals surface area contributed by atoms with Gasteiger partial charge in [0.1, 0.15) is 38.0 Å². The Bertz CT molecular complexity index is 590. The first-order chi connectivity index (χ1) is 11.4. The summed E-state index contributed by atoms with van der Waals surface area (Å²) in [4.78, 5) is 14.4. The van der Waals surface area contributed by atoms with Gasteiger partial charge in [0.25, 0.3) is 5.91 Å². The number of rotatable bonds is 5. The Hall–Kier alpha value is -2.31. The van der Waals surface area contributed by atoms with E-state index >= 15 is 0 Å². The minimum Gasteiger partial charge on any atom is -0.406 e. The zero-order chi connectivity index (χ0) is 17.6. The number of amides is 1. The first kappa shape index (κ1) is 18.0. The van der Waals surface area contributed by atoms with Gasteiger partial charge >= 0.3 is 6.36 Å². The third kappa shape index (κ3) is 6.06. The smallest absolute Gasteiger partial charge is 0.406 e. The van der Waals surface area contributed by atoms with Crippen molar-refractivity contribution in [2.45, 2.75) is 6.36 Å². The molecule has 9 heteroatoms. The fraction of sp³-hybridized carbons (Fsp3) is 0.467. The van der Waals surface area contributed by atoms with E-state index in [0.29, 0.717) is 18.8 Å². The Labute approximate surface area is 137 Å². The van der Waals surface area contributed by atoms with Gasteiger partial charge in [0.15, 0.2) is 13.1 Å². The molecular formula is C15H19F3N4O2+2. The number of halogens is 3. The van der Waals surface area contributed by atoms with Crippen molar-refractivity contribution >= 4 is 11.6 Å². The molecule has 1 fully saturated rings. The van der Waals surface area contributed by atoms with Crippen molar-refractivity contribution in [2.24, 2.45) is 0 Å². The maximum absolute atomic E-state index is 12.1. The molecule has 3 N–H and O–H groups in total. The van der Waals surface area contributed by atoms with E-state index in [2.05, 4.69) is 16.1 Å². The van der Waals surface area contributed by atoms with E-state index in [9.17, 15) is 18.0 Å². The fourth-order valence-corrected chi connectivity index (χ4v) is 2.59. The zero-order valence-electron chi connectivity index (χ0n) is 12.9. The summed E-state index contributed by atoms with van der Waals surface area (Å²) in [5, 5.41) is 11.3. The molecule has 0 radical (unpaired) electrons. The number of carbonyl (C=O) groups is 1. The Morgan fingerprint density at radius 1 is 1.17 bits per heavy atom. The summed E-state index contributed by atoms with van der Waals surface area (Å²) in [6.45, 7) is 4.08. The number of ether oxygens (including phenoxy) is 1. The lowest BCUT2D eigenvalue weighted by atomic mass is 10.3. The molecule has 0 atom stereocenters. The summed E-state index contributed by atoms with van der Waals surface area (Å²) >= 11 is 0. The number of nitriles is 1. The van der Waals surface area contributed by atoms with Crippen LogP contribution in [0.2, 0.25) is 0 Å². The van der Waals surface area contributed by atoms with Crippen molar-refractivity contribution in [3.63, 3.8) is 0 Å². The maximum atomic E-state index is 12.1. The summed E-state index contributed by atoms with van der Waals surface area (Å²) in [6.07, 6.45) is -4.73. The second kappa shape index (κ2) is 7.99. The predicted octanol–water partition coefficient (Wildman–Crippen LogP) is -1.17. The molecule has 1 aromatic rings. The first-order valence-corrected chi connectivity index (χ1v) is 7.55. The van der Waals surface area contributed by atoms with Crippen LogP contribution in [0.3, 0.4) is 0 Å². The van der Waals surface area contributed by atoms with E-state index in [4.69, 9.17) is 5.26 Å². The summed E-state index contributed by atoms with van der Waals surface area (Å²) in [7, 11) is 0. The predicted molar refractivity (Wildman–Crippen MR) is 78.5 cm³/mol. The molecule has 2 rings (SSSR count). The Balaban J connectivity index is 1.77. The van der Waals surface area contributed by atoms with Crippen LogP contribution in [0.1, 0.15) is 0 Å². The number of alkyl halides is 3. The van der Waals surface area contributed by atoms with Crippen LogP contribution in [-0.2, 0) is 4.79 Å². The van der Waals surface area contributed by atoms with Crippen molar-refractivity contribution in [1.29, 1.82) is 5.26 Å². The molecule has 130 valence electrons. The summed E-state index contributed by atoms with van der Waals surface area (Å²) in [5.74, 6) is -0.527. The number of carbonyl (C=O) groups excluding carboxylic acids is 1. The fourth-order valence-electron chi connectivity index (χ4n) is 2.59. The maximum Gasteiger partial charge on any atom is 0.573 e. The van der Waals surface area contributed by atoms with E-state index in [1.165, 1.54) is 17.0 Å². The number of piperazine rings is 1. The van der Waals surface area contributed by atoms with Crippen molar-refractivity contribution in [1.82, 2.24) is 0 Å². The minimum absolute atomic E-state index is 0.196. The number of quaternary nitrogens is 2. The number of nitrogens with one attached hydrogen (secondary N) is 3. The lowest BCUT2D eigenvalue weighted by Gasteiger charge is -2.27. The molecule has 1 aromatic carbocycles. The van der Waals surface area contributed by atoms with Crippen LogP contribution in [0, 0.1) is 11.3 Å². The molecule has 1 aliphatic heterocycles. The Morgan fingerprint density at radius 3 is 2.29 bits per heavy atom. The monoisotopic (exact) mass is 344 g/mol. The Kier molecular flexibility index (Phi) is 6.00. The number of benzene rings is 1. The van der Waals surface area contributed by atoms with Crippen LogP contribution >= 0.6 is 0 Å². The highest BCUT2D eigenvalue weighted by molar-refractivity contribution is 5.91. The van der Waals surface area contributed by atoms with Gasteiger partial charge < -0.3 is 19.9 Å². The lowest BCUT2D eigenvalue weighted by molar-refractivity contribution is -1.01. The average Bonchev–Trinajstić information content (AvgIpc) is 2.50. The summed E-state index contributed by atoms with van der Waals surface area (Å²) in [5.41, 5.74) is 0.419. The number of hydrogen-bond donors (Lipinski definition) is 3. The highest BCUT2D eigenvalue weighted by atomic mass is 19.4. The van der Waals surface area contributed by atoms with Crippen LogP contribution in [0.5, 0.6) is 5.75 Å². The first-order valence-electron chi connectivity index (χ1n) is 7.55. The van der Waals surface area contributed by atoms with E-state index < -0.39 is 6.36 Å². The van der Waals surface area contributed by atoms with E-state index in [-0.39, 0.29) is 11.7 Å². The third-order valence-electron chi connectivity index (χ3n) is 3.78. The normalized spacial score (nSPS) is 20.9. The molecule has 0 aromatic heterocycles. The van der Waals surface area contributed by atoms with Crippen molar-refractivity contribution in [3.05, 3.63) is 24.3 Å². The SMILES string of the molecule is N#CC[NH+]1CC[NH+](CC(=O)Nc2ccc(OC(F)(F)F)cc2)CC1. The quantitative estimate of drug-likeness (QED) is 0.590. The molecule has 6 nitrogen and oxygen atoms in total. The van der Waals surface area contributed by atoms with Crippen LogP contribution in [0.4, 0.5) is 18.9 Å². The van der Waals surface area contributed by atoms with Gasteiger partial charge in [0.2, 0.25) is 0 Å². The zero-order valence-corrected chi connectivity index (χ0v) is 12.9. The Morgan fingerprint density at radius 2 is 1.75 bits per heavy atom. The summed E-state index contributed by atoms with van der Waals surface area (Å²) in [6, 6.07) is 7.17. The molecule has 0 bridgehead atoms. The largest absolute Gasteiger partial charge is 0.573 e. The van der Waals surface area contributed by atoms with Gasteiger partial charge in [-0.3, -0.25) is 4.79 Å².